The van der Waals surface area contributed by atoms with Gasteiger partial charge in [-0.2, -0.15) is 0 Å². The standard InChI is InChI=1S/C23H18ClN3O6S2/c24-19-9-2-1-5-15(19)11-20-22(29)27(23(30)34-20)14-21(28)26-16-6-3-8-18(12-16)35(31,32)25-13-17-7-4-10-33-17/h1-12,25H,13-14H2,(H,26,28)/b20-11+. The molecule has 1 saturated heterocycles. The monoisotopic (exact) mass is 531 g/mol. The van der Waals surface area contributed by atoms with Crippen LogP contribution in [-0.4, -0.2) is 36.9 Å². The molecule has 0 spiro atoms. The molecule has 0 unspecified atom stereocenters. The Bertz CT molecular complexity index is 1420. The van der Waals surface area contributed by atoms with Crippen molar-refractivity contribution in [2.45, 2.75) is 11.4 Å². The first-order valence-corrected chi connectivity index (χ1v) is 12.8. The molecule has 4 rings (SSSR count). The van der Waals surface area contributed by atoms with Crippen LogP contribution in [0.2, 0.25) is 5.02 Å². The van der Waals surface area contributed by atoms with Gasteiger partial charge in [0.1, 0.15) is 12.3 Å². The van der Waals surface area contributed by atoms with Crippen molar-refractivity contribution in [3.05, 3.63) is 88.2 Å². The van der Waals surface area contributed by atoms with Crippen LogP contribution in [0.1, 0.15) is 11.3 Å². The number of hydrogen-bond acceptors (Lipinski definition) is 7. The van der Waals surface area contributed by atoms with E-state index in [1.165, 1.54) is 36.6 Å². The number of furan rings is 1. The average molecular weight is 532 g/mol. The van der Waals surface area contributed by atoms with Gasteiger partial charge >= 0.3 is 0 Å². The Morgan fingerprint density at radius 3 is 2.63 bits per heavy atom. The molecule has 0 saturated carbocycles. The number of nitrogens with zero attached hydrogens (tertiary/aromatic N) is 1. The maximum absolute atomic E-state index is 12.7. The van der Waals surface area contributed by atoms with E-state index >= 15 is 0 Å². The number of carbonyl (C=O) groups excluding carboxylic acids is 3. The predicted octanol–water partition coefficient (Wildman–Crippen LogP) is 4.09. The highest BCUT2D eigenvalue weighted by molar-refractivity contribution is 8.18. The summed E-state index contributed by atoms with van der Waals surface area (Å²) in [6.45, 7) is -0.564. The molecule has 0 bridgehead atoms. The third-order valence-corrected chi connectivity index (χ3v) is 7.46. The lowest BCUT2D eigenvalue weighted by atomic mass is 10.2. The summed E-state index contributed by atoms with van der Waals surface area (Å²) in [5.41, 5.74) is 0.761. The van der Waals surface area contributed by atoms with Crippen LogP contribution in [0.4, 0.5) is 10.5 Å². The summed E-state index contributed by atoms with van der Waals surface area (Å²) in [5, 5.41) is 2.35. The summed E-state index contributed by atoms with van der Waals surface area (Å²) in [7, 11) is -3.88. The number of benzene rings is 2. The van der Waals surface area contributed by atoms with Crippen LogP contribution in [0.15, 0.2) is 81.1 Å². The number of amides is 3. The number of imide groups is 1. The van der Waals surface area contributed by atoms with Crippen molar-refractivity contribution in [2.75, 3.05) is 11.9 Å². The summed E-state index contributed by atoms with van der Waals surface area (Å²) in [6.07, 6.45) is 2.93. The molecule has 3 amide bonds. The molecule has 1 aliphatic rings. The zero-order valence-corrected chi connectivity index (χ0v) is 20.3. The summed E-state index contributed by atoms with van der Waals surface area (Å²) in [6, 6.07) is 15.7. The van der Waals surface area contributed by atoms with Crippen molar-refractivity contribution in [1.29, 1.82) is 0 Å². The zero-order chi connectivity index (χ0) is 25.0. The van der Waals surface area contributed by atoms with Crippen molar-refractivity contribution < 1.29 is 27.2 Å². The number of thioether (sulfide) groups is 1. The Morgan fingerprint density at radius 1 is 1.09 bits per heavy atom. The van der Waals surface area contributed by atoms with E-state index in [0.717, 1.165) is 4.90 Å². The number of carbonyl (C=O) groups is 3. The van der Waals surface area contributed by atoms with Crippen molar-refractivity contribution >= 4 is 62.2 Å². The second-order valence-corrected chi connectivity index (χ2v) is 10.4. The van der Waals surface area contributed by atoms with Gasteiger partial charge in [0.05, 0.1) is 22.6 Å². The SMILES string of the molecule is O=C(CN1C(=O)S/C(=C/c2ccccc2Cl)C1=O)Nc1cccc(S(=O)(=O)NCc2ccco2)c1. The summed E-state index contributed by atoms with van der Waals surface area (Å²) >= 11 is 6.82. The molecule has 0 aliphatic carbocycles. The van der Waals surface area contributed by atoms with Crippen LogP contribution in [-0.2, 0) is 26.2 Å². The summed E-state index contributed by atoms with van der Waals surface area (Å²) in [4.78, 5) is 38.4. The molecule has 0 radical (unpaired) electrons. The molecule has 35 heavy (non-hydrogen) atoms. The lowest BCUT2D eigenvalue weighted by Gasteiger charge is -2.13. The second-order valence-electron chi connectivity index (χ2n) is 7.27. The number of hydrogen-bond donors (Lipinski definition) is 2. The van der Waals surface area contributed by atoms with Gasteiger partial charge in [-0.15, -0.1) is 0 Å². The first kappa shape index (κ1) is 24.7. The zero-order valence-electron chi connectivity index (χ0n) is 17.9. The van der Waals surface area contributed by atoms with E-state index in [9.17, 15) is 22.8 Å². The van der Waals surface area contributed by atoms with E-state index in [2.05, 4.69) is 10.0 Å². The van der Waals surface area contributed by atoms with Crippen LogP contribution in [0.3, 0.4) is 0 Å². The quantitative estimate of drug-likeness (QED) is 0.419. The molecule has 2 heterocycles. The van der Waals surface area contributed by atoms with Crippen molar-refractivity contribution in [1.82, 2.24) is 9.62 Å². The number of sulfonamides is 1. The van der Waals surface area contributed by atoms with Gasteiger partial charge in [-0.25, -0.2) is 13.1 Å². The smallest absolute Gasteiger partial charge is 0.294 e. The van der Waals surface area contributed by atoms with Crippen LogP contribution in [0, 0.1) is 0 Å². The Balaban J connectivity index is 1.41. The number of halogens is 1. The Morgan fingerprint density at radius 2 is 1.89 bits per heavy atom. The molecule has 9 nitrogen and oxygen atoms in total. The second kappa shape index (κ2) is 10.5. The fourth-order valence-corrected chi connectivity index (χ4v) is 5.18. The third kappa shape index (κ3) is 6.01. The Hall–Kier alpha value is -3.38. The average Bonchev–Trinajstić information content (AvgIpc) is 3.44. The van der Waals surface area contributed by atoms with Gasteiger partial charge in [0.25, 0.3) is 11.1 Å². The molecule has 3 aromatic rings. The van der Waals surface area contributed by atoms with Gasteiger partial charge in [0, 0.05) is 10.7 Å². The third-order valence-electron chi connectivity index (χ3n) is 4.81. The topological polar surface area (TPSA) is 126 Å². The van der Waals surface area contributed by atoms with Gasteiger partial charge in [-0.05, 0) is 59.8 Å². The highest BCUT2D eigenvalue weighted by atomic mass is 35.5. The minimum absolute atomic E-state index is 0.0349. The van der Waals surface area contributed by atoms with E-state index in [1.807, 2.05) is 0 Å². The molecule has 12 heteroatoms. The van der Waals surface area contributed by atoms with Gasteiger partial charge in [0.2, 0.25) is 15.9 Å². The van der Waals surface area contributed by atoms with Crippen molar-refractivity contribution in [3.8, 4) is 0 Å². The van der Waals surface area contributed by atoms with Gasteiger partial charge in [-0.3, -0.25) is 19.3 Å². The molecule has 1 aliphatic heterocycles. The van der Waals surface area contributed by atoms with Gasteiger partial charge in [0.15, 0.2) is 0 Å². The molecular formula is C23H18ClN3O6S2. The van der Waals surface area contributed by atoms with Gasteiger partial charge in [-0.1, -0.05) is 35.9 Å². The van der Waals surface area contributed by atoms with E-state index < -0.39 is 33.6 Å². The molecule has 1 fully saturated rings. The normalized spacial score (nSPS) is 15.1. The fourth-order valence-electron chi connectivity index (χ4n) is 3.12. The van der Waals surface area contributed by atoms with E-state index in [-0.39, 0.29) is 22.0 Å². The highest BCUT2D eigenvalue weighted by Crippen LogP contribution is 2.33. The number of nitrogens with one attached hydrogen (secondary N) is 2. The first-order valence-electron chi connectivity index (χ1n) is 10.1. The summed E-state index contributed by atoms with van der Waals surface area (Å²) < 4.78 is 32.6. The van der Waals surface area contributed by atoms with E-state index in [1.54, 1.807) is 36.4 Å². The molecular weight excluding hydrogens is 514 g/mol. The highest BCUT2D eigenvalue weighted by Gasteiger charge is 2.36. The molecule has 2 aromatic carbocycles. The van der Waals surface area contributed by atoms with Crippen molar-refractivity contribution in [2.24, 2.45) is 0 Å². The minimum Gasteiger partial charge on any atom is -0.468 e. The van der Waals surface area contributed by atoms with Crippen LogP contribution < -0.4 is 10.0 Å². The van der Waals surface area contributed by atoms with E-state index in [4.69, 9.17) is 16.0 Å². The number of rotatable bonds is 8. The minimum atomic E-state index is -3.88. The fraction of sp³-hybridized carbons (Fsp3) is 0.0870. The lowest BCUT2D eigenvalue weighted by molar-refractivity contribution is -0.127. The maximum Gasteiger partial charge on any atom is 0.294 e. The maximum atomic E-state index is 12.7. The Kier molecular flexibility index (Phi) is 7.41. The van der Waals surface area contributed by atoms with Crippen LogP contribution in [0.25, 0.3) is 6.08 Å². The Labute approximate surface area is 210 Å². The van der Waals surface area contributed by atoms with E-state index in [0.29, 0.717) is 28.1 Å². The predicted molar refractivity (Wildman–Crippen MR) is 132 cm³/mol. The lowest BCUT2D eigenvalue weighted by Crippen LogP contribution is -2.36. The number of anilines is 1. The van der Waals surface area contributed by atoms with Gasteiger partial charge < -0.3 is 9.73 Å². The van der Waals surface area contributed by atoms with Crippen LogP contribution >= 0.6 is 23.4 Å². The molecule has 180 valence electrons. The molecule has 1 aromatic heterocycles. The molecule has 2 N–H and O–H groups in total. The first-order chi connectivity index (χ1) is 16.7. The van der Waals surface area contributed by atoms with Crippen LogP contribution in [0.5, 0.6) is 0 Å². The summed E-state index contributed by atoms with van der Waals surface area (Å²) in [5.74, 6) is -0.836. The molecule has 0 atom stereocenters. The van der Waals surface area contributed by atoms with Crippen molar-refractivity contribution in [3.63, 3.8) is 0 Å². The largest absolute Gasteiger partial charge is 0.468 e.